The van der Waals surface area contributed by atoms with Crippen molar-refractivity contribution in [2.45, 2.75) is 0 Å². The van der Waals surface area contributed by atoms with Crippen LogP contribution in [0.1, 0.15) is 15.9 Å². The molecule has 2 rings (SSSR count). The van der Waals surface area contributed by atoms with E-state index in [0.29, 0.717) is 5.56 Å². The van der Waals surface area contributed by atoms with Gasteiger partial charge in [-0.3, -0.25) is 4.79 Å². The molecule has 0 aromatic heterocycles. The monoisotopic (exact) mass is 350 g/mol. The highest BCUT2D eigenvalue weighted by Crippen LogP contribution is 2.15. The third kappa shape index (κ3) is 5.34. The maximum absolute atomic E-state index is 12.4. The van der Waals surface area contributed by atoms with E-state index in [1.165, 1.54) is 6.08 Å². The number of rotatable bonds is 7. The van der Waals surface area contributed by atoms with Crippen molar-refractivity contribution in [3.05, 3.63) is 84.1 Å². The van der Waals surface area contributed by atoms with Gasteiger partial charge in [-0.15, -0.1) is 0 Å². The van der Waals surface area contributed by atoms with Crippen molar-refractivity contribution in [2.75, 3.05) is 25.6 Å². The van der Waals surface area contributed by atoms with Crippen molar-refractivity contribution < 1.29 is 14.3 Å². The van der Waals surface area contributed by atoms with E-state index in [0.717, 1.165) is 11.3 Å². The van der Waals surface area contributed by atoms with E-state index < -0.39 is 5.97 Å². The number of ether oxygens (including phenoxy) is 1. The zero-order valence-corrected chi connectivity index (χ0v) is 14.9. The van der Waals surface area contributed by atoms with E-state index in [1.807, 2.05) is 49.3 Å². The molecule has 2 aromatic carbocycles. The Balaban J connectivity index is 2.26. The Labute approximate surface area is 153 Å². The number of nitrogens with one attached hydrogen (secondary N) is 1. The Hall–Kier alpha value is -3.34. The summed E-state index contributed by atoms with van der Waals surface area (Å²) in [6.07, 6.45) is 3.06. The second-order valence-electron chi connectivity index (χ2n) is 5.75. The molecule has 0 spiro atoms. The number of benzene rings is 2. The molecule has 0 saturated carbocycles. The number of carbonyl (C=O) groups excluding carboxylic acids is 2. The Kier molecular flexibility index (Phi) is 6.74. The number of anilines is 1. The van der Waals surface area contributed by atoms with Crippen LogP contribution in [0.5, 0.6) is 0 Å². The Morgan fingerprint density at radius 1 is 1.08 bits per heavy atom. The predicted molar refractivity (Wildman–Crippen MR) is 104 cm³/mol. The number of esters is 1. The average Bonchev–Trinajstić information content (AvgIpc) is 2.66. The van der Waals surface area contributed by atoms with Gasteiger partial charge in [0.2, 0.25) is 0 Å². The topological polar surface area (TPSA) is 58.6 Å². The van der Waals surface area contributed by atoms with E-state index in [1.54, 1.807) is 30.3 Å². The number of nitrogens with zero attached hydrogens (tertiary/aromatic N) is 1. The average molecular weight is 350 g/mol. The van der Waals surface area contributed by atoms with Crippen LogP contribution in [0.15, 0.2) is 72.9 Å². The standard InChI is InChI=1S/C21H22N2O3/c1-4-14-26-21(25)19(22-20(24)17-8-6-5-7-9-17)15-16-10-12-18(13-11-16)23(2)3/h4-13,15H,1,14H2,2-3H3,(H,22,24)/b19-15-. The summed E-state index contributed by atoms with van der Waals surface area (Å²) in [5.41, 5.74) is 2.33. The zero-order chi connectivity index (χ0) is 18.9. The molecule has 2 aromatic rings. The van der Waals surface area contributed by atoms with E-state index in [4.69, 9.17) is 4.74 Å². The third-order valence-corrected chi connectivity index (χ3v) is 3.56. The SMILES string of the molecule is C=CCOC(=O)/C(=C/c1ccc(N(C)C)cc1)NC(=O)c1ccccc1. The minimum atomic E-state index is -0.620. The summed E-state index contributed by atoms with van der Waals surface area (Å²) in [5.74, 6) is -0.997. The zero-order valence-electron chi connectivity index (χ0n) is 14.9. The maximum atomic E-state index is 12.4. The van der Waals surface area contributed by atoms with Crippen LogP contribution in [-0.4, -0.2) is 32.6 Å². The van der Waals surface area contributed by atoms with Crippen molar-refractivity contribution >= 4 is 23.6 Å². The summed E-state index contributed by atoms with van der Waals surface area (Å²) in [6.45, 7) is 3.59. The van der Waals surface area contributed by atoms with Gasteiger partial charge in [0.25, 0.3) is 5.91 Å². The second-order valence-corrected chi connectivity index (χ2v) is 5.75. The molecule has 0 saturated heterocycles. The van der Waals surface area contributed by atoms with Gasteiger partial charge in [0.05, 0.1) is 0 Å². The minimum Gasteiger partial charge on any atom is -0.457 e. The smallest absolute Gasteiger partial charge is 0.355 e. The fourth-order valence-electron chi connectivity index (χ4n) is 2.18. The molecule has 134 valence electrons. The van der Waals surface area contributed by atoms with Crippen LogP contribution in [0.4, 0.5) is 5.69 Å². The van der Waals surface area contributed by atoms with Crippen molar-refractivity contribution in [3.8, 4) is 0 Å². The molecular formula is C21H22N2O3. The van der Waals surface area contributed by atoms with Gasteiger partial charge in [-0.05, 0) is 35.9 Å². The second kappa shape index (κ2) is 9.22. The normalized spacial score (nSPS) is 10.8. The first kappa shape index (κ1) is 19.0. The van der Waals surface area contributed by atoms with E-state index in [-0.39, 0.29) is 18.2 Å². The fourth-order valence-corrected chi connectivity index (χ4v) is 2.18. The highest BCUT2D eigenvalue weighted by molar-refractivity contribution is 6.03. The maximum Gasteiger partial charge on any atom is 0.355 e. The molecule has 1 N–H and O–H groups in total. The quantitative estimate of drug-likeness (QED) is 0.473. The summed E-state index contributed by atoms with van der Waals surface area (Å²) >= 11 is 0. The molecule has 5 nitrogen and oxygen atoms in total. The highest BCUT2D eigenvalue weighted by atomic mass is 16.5. The first-order chi connectivity index (χ1) is 12.5. The molecule has 0 aliphatic heterocycles. The van der Waals surface area contributed by atoms with E-state index in [2.05, 4.69) is 11.9 Å². The summed E-state index contributed by atoms with van der Waals surface area (Å²) in [4.78, 5) is 26.6. The van der Waals surface area contributed by atoms with Gasteiger partial charge in [0.15, 0.2) is 0 Å². The van der Waals surface area contributed by atoms with Crippen LogP contribution in [0, 0.1) is 0 Å². The van der Waals surface area contributed by atoms with Crippen molar-refractivity contribution in [2.24, 2.45) is 0 Å². The predicted octanol–water partition coefficient (Wildman–Crippen LogP) is 3.25. The Morgan fingerprint density at radius 2 is 1.73 bits per heavy atom. The lowest BCUT2D eigenvalue weighted by atomic mass is 10.1. The van der Waals surface area contributed by atoms with Crippen LogP contribution >= 0.6 is 0 Å². The Morgan fingerprint density at radius 3 is 2.31 bits per heavy atom. The van der Waals surface area contributed by atoms with E-state index in [9.17, 15) is 9.59 Å². The summed E-state index contributed by atoms with van der Waals surface area (Å²) in [6, 6.07) is 16.3. The van der Waals surface area contributed by atoms with Crippen LogP contribution < -0.4 is 10.2 Å². The molecular weight excluding hydrogens is 328 g/mol. The molecule has 0 atom stereocenters. The van der Waals surface area contributed by atoms with Crippen LogP contribution in [0.2, 0.25) is 0 Å². The van der Waals surface area contributed by atoms with Gasteiger partial charge in [-0.1, -0.05) is 43.0 Å². The first-order valence-electron chi connectivity index (χ1n) is 8.14. The molecule has 5 heteroatoms. The molecule has 0 aliphatic rings. The van der Waals surface area contributed by atoms with Gasteiger partial charge in [-0.2, -0.15) is 0 Å². The molecule has 0 fully saturated rings. The summed E-state index contributed by atoms with van der Waals surface area (Å²) in [5, 5.41) is 2.63. The van der Waals surface area contributed by atoms with Crippen LogP contribution in [0.3, 0.4) is 0 Å². The lowest BCUT2D eigenvalue weighted by Gasteiger charge is -2.13. The van der Waals surface area contributed by atoms with Gasteiger partial charge in [0, 0.05) is 25.3 Å². The van der Waals surface area contributed by atoms with Crippen LogP contribution in [0.25, 0.3) is 6.08 Å². The molecule has 0 radical (unpaired) electrons. The lowest BCUT2D eigenvalue weighted by Crippen LogP contribution is -2.28. The number of carbonyl (C=O) groups is 2. The largest absolute Gasteiger partial charge is 0.457 e. The van der Waals surface area contributed by atoms with Gasteiger partial charge >= 0.3 is 5.97 Å². The molecule has 0 unspecified atom stereocenters. The van der Waals surface area contributed by atoms with E-state index >= 15 is 0 Å². The van der Waals surface area contributed by atoms with Gasteiger partial charge in [-0.25, -0.2) is 4.79 Å². The third-order valence-electron chi connectivity index (χ3n) is 3.56. The van der Waals surface area contributed by atoms with Crippen molar-refractivity contribution in [1.29, 1.82) is 0 Å². The summed E-state index contributed by atoms with van der Waals surface area (Å²) in [7, 11) is 3.89. The lowest BCUT2D eigenvalue weighted by molar-refractivity contribution is -0.138. The van der Waals surface area contributed by atoms with Crippen molar-refractivity contribution in [3.63, 3.8) is 0 Å². The highest BCUT2D eigenvalue weighted by Gasteiger charge is 2.15. The minimum absolute atomic E-state index is 0.0664. The molecule has 0 bridgehead atoms. The molecule has 0 heterocycles. The number of hydrogen-bond donors (Lipinski definition) is 1. The van der Waals surface area contributed by atoms with Crippen LogP contribution in [-0.2, 0) is 9.53 Å². The summed E-state index contributed by atoms with van der Waals surface area (Å²) < 4.78 is 5.08. The number of amides is 1. The van der Waals surface area contributed by atoms with Gasteiger partial charge in [0.1, 0.15) is 12.3 Å². The molecule has 26 heavy (non-hydrogen) atoms. The van der Waals surface area contributed by atoms with Gasteiger partial charge < -0.3 is 15.0 Å². The first-order valence-corrected chi connectivity index (χ1v) is 8.14. The molecule has 1 amide bonds. The Bertz CT molecular complexity index is 794. The number of hydrogen-bond acceptors (Lipinski definition) is 4. The van der Waals surface area contributed by atoms with Crippen molar-refractivity contribution in [1.82, 2.24) is 5.32 Å². The fraction of sp³-hybridized carbons (Fsp3) is 0.143. The molecule has 0 aliphatic carbocycles.